The molecule has 0 radical (unpaired) electrons. The standard InChI is InChI=1S/C16H18BrNO/c1-10-4-5-11(2)16(8-10)19-13-6-7-14(12(3)18)15(17)9-13/h4-9,12H,18H2,1-3H3/t12-/m0/s1. The maximum absolute atomic E-state index is 5.93. The lowest BCUT2D eigenvalue weighted by Crippen LogP contribution is -2.05. The fourth-order valence-corrected chi connectivity index (χ4v) is 2.60. The van der Waals surface area contributed by atoms with Crippen LogP contribution >= 0.6 is 15.9 Å². The van der Waals surface area contributed by atoms with E-state index in [0.29, 0.717) is 0 Å². The highest BCUT2D eigenvalue weighted by atomic mass is 79.9. The lowest BCUT2D eigenvalue weighted by molar-refractivity contribution is 0.477. The van der Waals surface area contributed by atoms with E-state index in [1.807, 2.05) is 38.1 Å². The zero-order valence-corrected chi connectivity index (χ0v) is 13.0. The second kappa shape index (κ2) is 5.76. The van der Waals surface area contributed by atoms with Gasteiger partial charge in [-0.2, -0.15) is 0 Å². The summed E-state index contributed by atoms with van der Waals surface area (Å²) in [7, 11) is 0. The molecule has 0 aromatic heterocycles. The Balaban J connectivity index is 2.29. The van der Waals surface area contributed by atoms with Gasteiger partial charge in [-0.15, -0.1) is 0 Å². The molecule has 0 spiro atoms. The fraction of sp³-hybridized carbons (Fsp3) is 0.250. The first kappa shape index (κ1) is 14.1. The van der Waals surface area contributed by atoms with E-state index in [1.54, 1.807) is 0 Å². The van der Waals surface area contributed by atoms with Gasteiger partial charge in [0.2, 0.25) is 0 Å². The molecule has 19 heavy (non-hydrogen) atoms. The van der Waals surface area contributed by atoms with Crippen LogP contribution in [0.4, 0.5) is 0 Å². The molecule has 0 aliphatic rings. The summed E-state index contributed by atoms with van der Waals surface area (Å²) >= 11 is 3.53. The molecule has 0 aliphatic heterocycles. The summed E-state index contributed by atoms with van der Waals surface area (Å²) in [5, 5.41) is 0. The topological polar surface area (TPSA) is 35.2 Å². The third-order valence-electron chi connectivity index (χ3n) is 3.03. The average Bonchev–Trinajstić information content (AvgIpc) is 2.33. The molecule has 100 valence electrons. The van der Waals surface area contributed by atoms with Crippen molar-refractivity contribution in [2.45, 2.75) is 26.8 Å². The predicted molar refractivity (Wildman–Crippen MR) is 82.7 cm³/mol. The maximum Gasteiger partial charge on any atom is 0.130 e. The first-order valence-corrected chi connectivity index (χ1v) is 7.07. The SMILES string of the molecule is Cc1ccc(C)c(Oc2ccc([C@H](C)N)c(Br)c2)c1. The Morgan fingerprint density at radius 2 is 1.84 bits per heavy atom. The predicted octanol–water partition coefficient (Wildman–Crippen LogP) is 4.88. The summed E-state index contributed by atoms with van der Waals surface area (Å²) in [4.78, 5) is 0. The van der Waals surface area contributed by atoms with Crippen molar-refractivity contribution < 1.29 is 4.74 Å². The van der Waals surface area contributed by atoms with Gasteiger partial charge in [-0.25, -0.2) is 0 Å². The molecule has 2 N–H and O–H groups in total. The summed E-state index contributed by atoms with van der Waals surface area (Å²) in [5.74, 6) is 1.70. The summed E-state index contributed by atoms with van der Waals surface area (Å²) in [6, 6.07) is 12.1. The van der Waals surface area contributed by atoms with Crippen molar-refractivity contribution in [1.82, 2.24) is 0 Å². The molecule has 2 nitrogen and oxygen atoms in total. The van der Waals surface area contributed by atoms with E-state index in [9.17, 15) is 0 Å². The molecule has 2 aromatic rings. The van der Waals surface area contributed by atoms with E-state index >= 15 is 0 Å². The van der Waals surface area contributed by atoms with Crippen LogP contribution in [0.3, 0.4) is 0 Å². The Morgan fingerprint density at radius 1 is 1.11 bits per heavy atom. The molecule has 2 rings (SSSR count). The van der Waals surface area contributed by atoms with Crippen LogP contribution in [0.15, 0.2) is 40.9 Å². The highest BCUT2D eigenvalue weighted by Gasteiger charge is 2.08. The maximum atomic E-state index is 5.93. The second-order valence-corrected chi connectivity index (χ2v) is 5.70. The Kier molecular flexibility index (Phi) is 4.27. The number of halogens is 1. The first-order valence-electron chi connectivity index (χ1n) is 6.27. The average molecular weight is 320 g/mol. The van der Waals surface area contributed by atoms with Crippen LogP contribution in [-0.2, 0) is 0 Å². The molecule has 1 atom stereocenters. The monoisotopic (exact) mass is 319 g/mol. The van der Waals surface area contributed by atoms with E-state index in [1.165, 1.54) is 5.56 Å². The van der Waals surface area contributed by atoms with Crippen molar-refractivity contribution in [2.24, 2.45) is 5.73 Å². The number of hydrogen-bond donors (Lipinski definition) is 1. The van der Waals surface area contributed by atoms with Gasteiger partial charge < -0.3 is 10.5 Å². The lowest BCUT2D eigenvalue weighted by Gasteiger charge is -2.13. The number of benzene rings is 2. The number of hydrogen-bond acceptors (Lipinski definition) is 2. The van der Waals surface area contributed by atoms with Gasteiger partial charge in [0, 0.05) is 10.5 Å². The molecule has 0 saturated carbocycles. The van der Waals surface area contributed by atoms with Gasteiger partial charge in [-0.05, 0) is 55.7 Å². The van der Waals surface area contributed by atoms with E-state index in [-0.39, 0.29) is 6.04 Å². The van der Waals surface area contributed by atoms with Crippen LogP contribution < -0.4 is 10.5 Å². The van der Waals surface area contributed by atoms with E-state index < -0.39 is 0 Å². The van der Waals surface area contributed by atoms with Crippen molar-refractivity contribution in [2.75, 3.05) is 0 Å². The minimum absolute atomic E-state index is 0.00382. The molecule has 2 aromatic carbocycles. The molecular formula is C16H18BrNO. The van der Waals surface area contributed by atoms with Gasteiger partial charge in [-0.1, -0.05) is 34.1 Å². The van der Waals surface area contributed by atoms with Crippen molar-refractivity contribution in [1.29, 1.82) is 0 Å². The Morgan fingerprint density at radius 3 is 2.47 bits per heavy atom. The smallest absolute Gasteiger partial charge is 0.130 e. The van der Waals surface area contributed by atoms with Gasteiger partial charge in [0.25, 0.3) is 0 Å². The summed E-state index contributed by atoms with van der Waals surface area (Å²) < 4.78 is 6.91. The van der Waals surface area contributed by atoms with Gasteiger partial charge in [0.05, 0.1) is 0 Å². The molecule has 0 aliphatic carbocycles. The molecule has 0 fully saturated rings. The molecule has 0 saturated heterocycles. The van der Waals surface area contributed by atoms with Crippen molar-refractivity contribution in [3.8, 4) is 11.5 Å². The highest BCUT2D eigenvalue weighted by molar-refractivity contribution is 9.10. The third-order valence-corrected chi connectivity index (χ3v) is 3.72. The quantitative estimate of drug-likeness (QED) is 0.875. The Bertz CT molecular complexity index is 593. The first-order chi connectivity index (χ1) is 8.97. The van der Waals surface area contributed by atoms with E-state index in [0.717, 1.165) is 27.1 Å². The van der Waals surface area contributed by atoms with E-state index in [4.69, 9.17) is 10.5 Å². The molecule has 3 heteroatoms. The van der Waals surface area contributed by atoms with Gasteiger partial charge >= 0.3 is 0 Å². The zero-order chi connectivity index (χ0) is 14.0. The van der Waals surface area contributed by atoms with Crippen molar-refractivity contribution in [3.63, 3.8) is 0 Å². The minimum atomic E-state index is 0.00382. The molecule has 0 amide bonds. The van der Waals surface area contributed by atoms with Crippen LogP contribution in [0, 0.1) is 13.8 Å². The lowest BCUT2D eigenvalue weighted by atomic mass is 10.1. The normalized spacial score (nSPS) is 12.3. The summed E-state index contributed by atoms with van der Waals surface area (Å²) in [6.07, 6.45) is 0. The van der Waals surface area contributed by atoms with Crippen LogP contribution in [0.2, 0.25) is 0 Å². The fourth-order valence-electron chi connectivity index (χ4n) is 1.88. The van der Waals surface area contributed by atoms with Crippen LogP contribution in [0.25, 0.3) is 0 Å². The van der Waals surface area contributed by atoms with Crippen LogP contribution in [0.5, 0.6) is 11.5 Å². The van der Waals surface area contributed by atoms with Gasteiger partial charge in [0.15, 0.2) is 0 Å². The molecule has 0 unspecified atom stereocenters. The summed E-state index contributed by atoms with van der Waals surface area (Å²) in [6.45, 7) is 6.06. The van der Waals surface area contributed by atoms with Crippen LogP contribution in [0.1, 0.15) is 29.7 Å². The number of nitrogens with two attached hydrogens (primary N) is 1. The Labute approximate surface area is 122 Å². The molecular weight excluding hydrogens is 302 g/mol. The van der Waals surface area contributed by atoms with Gasteiger partial charge in [0.1, 0.15) is 11.5 Å². The number of rotatable bonds is 3. The van der Waals surface area contributed by atoms with Crippen molar-refractivity contribution >= 4 is 15.9 Å². The van der Waals surface area contributed by atoms with Gasteiger partial charge in [-0.3, -0.25) is 0 Å². The largest absolute Gasteiger partial charge is 0.457 e. The summed E-state index contributed by atoms with van der Waals surface area (Å²) in [5.41, 5.74) is 9.28. The minimum Gasteiger partial charge on any atom is -0.457 e. The molecule has 0 bridgehead atoms. The van der Waals surface area contributed by atoms with Crippen LogP contribution in [-0.4, -0.2) is 0 Å². The van der Waals surface area contributed by atoms with E-state index in [2.05, 4.69) is 35.0 Å². The number of ether oxygens (including phenoxy) is 1. The van der Waals surface area contributed by atoms with Crippen molar-refractivity contribution in [3.05, 3.63) is 57.6 Å². The zero-order valence-electron chi connectivity index (χ0n) is 11.4. The third kappa shape index (κ3) is 3.37. The second-order valence-electron chi connectivity index (χ2n) is 4.84. The highest BCUT2D eigenvalue weighted by Crippen LogP contribution is 2.31. The Hall–Kier alpha value is -1.32. The molecule has 0 heterocycles. The number of aryl methyl sites for hydroxylation is 2.